The molecule has 3 aromatic carbocycles. The lowest BCUT2D eigenvalue weighted by Crippen LogP contribution is -2.32. The molecule has 1 aliphatic rings. The number of esters is 1. The Kier molecular flexibility index (Phi) is 5.53. The summed E-state index contributed by atoms with van der Waals surface area (Å²) >= 11 is 0. The van der Waals surface area contributed by atoms with E-state index in [-0.39, 0.29) is 42.5 Å². The average molecular weight is 477 g/mol. The normalized spacial score (nSPS) is 15.9. The van der Waals surface area contributed by atoms with Gasteiger partial charge in [-0.15, -0.1) is 0 Å². The fourth-order valence-corrected chi connectivity index (χ4v) is 4.53. The summed E-state index contributed by atoms with van der Waals surface area (Å²) in [6, 6.07) is 14.3. The smallest absolute Gasteiger partial charge is 0.302 e. The van der Waals surface area contributed by atoms with Crippen LogP contribution in [0.4, 0.5) is 10.1 Å². The summed E-state index contributed by atoms with van der Waals surface area (Å²) < 4.78 is 49.1. The fourth-order valence-electron chi connectivity index (χ4n) is 4.53. The molecule has 2 N–H and O–H groups in total. The minimum absolute atomic E-state index is 0.0392. The predicted octanol–water partition coefficient (Wildman–Crippen LogP) is 5.37. The molecule has 0 amide bonds. The number of halogens is 1. The second kappa shape index (κ2) is 9.43. The van der Waals surface area contributed by atoms with E-state index < -0.39 is 11.9 Å². The molecule has 0 spiro atoms. The van der Waals surface area contributed by atoms with Crippen molar-refractivity contribution in [1.29, 1.82) is 0 Å². The van der Waals surface area contributed by atoms with Crippen LogP contribution in [0.25, 0.3) is 22.1 Å². The molecule has 0 bridgehead atoms. The van der Waals surface area contributed by atoms with Crippen LogP contribution in [0, 0.1) is 5.82 Å². The Morgan fingerprint density at radius 1 is 1.23 bits per heavy atom. The standard InChI is InChI=1S/C28H27FN2O4/c1-17(32)33-11-9-18-5-4-8-24-28(18)35-25(16-31(24)2)21-13-19-10-12-34-27(19)23(14-21)22-7-3-6-20(15-30)26(22)29/h3-8,10,12-14,25H,9,11,15-16,30H2,1-2H3/t25-/m0/s1/i10D,12D. The van der Waals surface area contributed by atoms with Crippen molar-refractivity contribution >= 4 is 22.6 Å². The molecule has 0 saturated heterocycles. The predicted molar refractivity (Wildman–Crippen MR) is 133 cm³/mol. The van der Waals surface area contributed by atoms with E-state index in [0.29, 0.717) is 35.2 Å². The third-order valence-corrected chi connectivity index (χ3v) is 6.27. The third kappa shape index (κ3) is 4.35. The lowest BCUT2D eigenvalue weighted by atomic mass is 9.95. The highest BCUT2D eigenvalue weighted by Crippen LogP contribution is 2.42. The first kappa shape index (κ1) is 20.5. The second-order valence-corrected chi connectivity index (χ2v) is 8.60. The Bertz CT molecular complexity index is 1500. The summed E-state index contributed by atoms with van der Waals surface area (Å²) in [5.41, 5.74) is 9.63. The van der Waals surface area contributed by atoms with E-state index in [4.69, 9.17) is 22.4 Å². The highest BCUT2D eigenvalue weighted by atomic mass is 19.1. The van der Waals surface area contributed by atoms with Crippen LogP contribution >= 0.6 is 0 Å². The number of hydrogen-bond donors (Lipinski definition) is 1. The van der Waals surface area contributed by atoms with Gasteiger partial charge in [-0.05, 0) is 35.4 Å². The van der Waals surface area contributed by atoms with Crippen LogP contribution in [-0.4, -0.2) is 26.2 Å². The molecule has 1 atom stereocenters. The maximum Gasteiger partial charge on any atom is 0.302 e. The quantitative estimate of drug-likeness (QED) is 0.377. The number of benzene rings is 3. The number of ether oxygens (including phenoxy) is 2. The van der Waals surface area contributed by atoms with E-state index in [1.807, 2.05) is 25.2 Å². The third-order valence-electron chi connectivity index (χ3n) is 6.27. The zero-order chi connectivity index (χ0) is 26.3. The van der Waals surface area contributed by atoms with Crippen molar-refractivity contribution in [3.05, 3.63) is 83.3 Å². The van der Waals surface area contributed by atoms with Gasteiger partial charge in [-0.3, -0.25) is 4.79 Å². The summed E-state index contributed by atoms with van der Waals surface area (Å²) in [6.45, 7) is 2.16. The Morgan fingerprint density at radius 3 is 2.83 bits per heavy atom. The average Bonchev–Trinajstić information content (AvgIpc) is 3.17. The number of carbonyl (C=O) groups excluding carboxylic acids is 1. The Morgan fingerprint density at radius 2 is 2.03 bits per heavy atom. The second-order valence-electron chi connectivity index (χ2n) is 8.60. The molecule has 0 fully saturated rings. The number of nitrogens with zero attached hydrogens (tertiary/aromatic N) is 1. The molecule has 35 heavy (non-hydrogen) atoms. The lowest BCUT2D eigenvalue weighted by Gasteiger charge is -2.35. The van der Waals surface area contributed by atoms with E-state index in [1.54, 1.807) is 30.3 Å². The van der Waals surface area contributed by atoms with Gasteiger partial charge < -0.3 is 24.5 Å². The van der Waals surface area contributed by atoms with E-state index in [9.17, 15) is 4.79 Å². The minimum atomic E-state index is -0.460. The molecule has 1 aromatic heterocycles. The summed E-state index contributed by atoms with van der Waals surface area (Å²) in [7, 11) is 1.96. The van der Waals surface area contributed by atoms with E-state index in [0.717, 1.165) is 16.8 Å². The Balaban J connectivity index is 1.61. The van der Waals surface area contributed by atoms with Crippen LogP contribution in [0.3, 0.4) is 0 Å². The first-order valence-corrected chi connectivity index (χ1v) is 11.4. The fraction of sp³-hybridized carbons (Fsp3) is 0.250. The van der Waals surface area contributed by atoms with Crippen molar-refractivity contribution in [2.75, 3.05) is 25.1 Å². The van der Waals surface area contributed by atoms with E-state index in [2.05, 4.69) is 4.90 Å². The van der Waals surface area contributed by atoms with Gasteiger partial charge in [0.2, 0.25) is 0 Å². The largest absolute Gasteiger partial charge is 0.481 e. The van der Waals surface area contributed by atoms with Gasteiger partial charge in [0, 0.05) is 49.0 Å². The van der Waals surface area contributed by atoms with Crippen molar-refractivity contribution in [3.63, 3.8) is 0 Å². The maximum atomic E-state index is 15.4. The van der Waals surface area contributed by atoms with Gasteiger partial charge in [-0.2, -0.15) is 0 Å². The molecule has 0 aliphatic carbocycles. The van der Waals surface area contributed by atoms with Gasteiger partial charge in [0.05, 0.1) is 26.4 Å². The molecule has 0 radical (unpaired) electrons. The molecule has 5 rings (SSSR count). The molecule has 180 valence electrons. The molecule has 2 heterocycles. The zero-order valence-corrected chi connectivity index (χ0v) is 19.6. The highest BCUT2D eigenvalue weighted by Gasteiger charge is 2.28. The Hall–Kier alpha value is -3.84. The highest BCUT2D eigenvalue weighted by molar-refractivity contribution is 5.93. The lowest BCUT2D eigenvalue weighted by molar-refractivity contribution is -0.140. The molecule has 0 unspecified atom stereocenters. The van der Waals surface area contributed by atoms with Gasteiger partial charge >= 0.3 is 5.97 Å². The number of para-hydroxylation sites is 1. The molecule has 4 aromatic rings. The van der Waals surface area contributed by atoms with Crippen molar-refractivity contribution in [2.45, 2.75) is 26.0 Å². The molecule has 7 heteroatoms. The summed E-state index contributed by atoms with van der Waals surface area (Å²) in [5, 5.41) is 0.412. The van der Waals surface area contributed by atoms with Crippen LogP contribution in [-0.2, 0) is 22.5 Å². The van der Waals surface area contributed by atoms with Gasteiger partial charge in [0.25, 0.3) is 0 Å². The SMILES string of the molecule is [2H]c1oc2c(-c3cccc(CN)c3F)cc([C@@H]3CN(C)c4cccc(CCOC(C)=O)c4O3)cc2c1[2H]. The number of fused-ring (bicyclic) bond motifs is 2. The summed E-state index contributed by atoms with van der Waals surface area (Å²) in [4.78, 5) is 13.3. The Labute approximate surface area is 205 Å². The number of nitrogens with two attached hydrogens (primary N) is 1. The van der Waals surface area contributed by atoms with Crippen molar-refractivity contribution < 1.29 is 25.8 Å². The zero-order valence-electron chi connectivity index (χ0n) is 21.6. The van der Waals surface area contributed by atoms with Crippen LogP contribution in [0.15, 0.2) is 65.2 Å². The minimum Gasteiger partial charge on any atom is -0.481 e. The molecular formula is C28H27FN2O4. The topological polar surface area (TPSA) is 77.9 Å². The van der Waals surface area contributed by atoms with Crippen LogP contribution in [0.1, 0.15) is 32.5 Å². The number of anilines is 1. The summed E-state index contributed by atoms with van der Waals surface area (Å²) in [6.07, 6.45) is -0.241. The monoisotopic (exact) mass is 476 g/mol. The molecule has 1 aliphatic heterocycles. The van der Waals surface area contributed by atoms with Crippen molar-refractivity contribution in [3.8, 4) is 16.9 Å². The number of rotatable bonds is 6. The first-order chi connectivity index (χ1) is 17.8. The van der Waals surface area contributed by atoms with Gasteiger partial charge in [0.1, 0.15) is 24.6 Å². The first-order valence-electron chi connectivity index (χ1n) is 12.4. The number of hydrogen-bond acceptors (Lipinski definition) is 6. The summed E-state index contributed by atoms with van der Waals surface area (Å²) in [5.74, 6) is -0.115. The van der Waals surface area contributed by atoms with Crippen LogP contribution in [0.2, 0.25) is 0 Å². The van der Waals surface area contributed by atoms with Gasteiger partial charge in [-0.1, -0.05) is 30.3 Å². The maximum absolute atomic E-state index is 15.4. The molecule has 0 saturated carbocycles. The van der Waals surface area contributed by atoms with E-state index in [1.165, 1.54) is 6.92 Å². The van der Waals surface area contributed by atoms with Crippen LogP contribution < -0.4 is 15.4 Å². The van der Waals surface area contributed by atoms with Crippen molar-refractivity contribution in [1.82, 2.24) is 0 Å². The molecular weight excluding hydrogens is 447 g/mol. The van der Waals surface area contributed by atoms with Crippen molar-refractivity contribution in [2.24, 2.45) is 5.73 Å². The van der Waals surface area contributed by atoms with Gasteiger partial charge in [-0.25, -0.2) is 4.39 Å². The van der Waals surface area contributed by atoms with Gasteiger partial charge in [0.15, 0.2) is 0 Å². The van der Waals surface area contributed by atoms with Crippen LogP contribution in [0.5, 0.6) is 5.75 Å². The van der Waals surface area contributed by atoms with E-state index >= 15 is 4.39 Å². The number of likely N-dealkylation sites (N-methyl/N-ethyl adjacent to an activating group) is 1. The molecule has 6 nitrogen and oxygen atoms in total. The number of furan rings is 1. The number of carbonyl (C=O) groups is 1.